The second-order valence-corrected chi connectivity index (χ2v) is 6.15. The Morgan fingerprint density at radius 1 is 1.24 bits per heavy atom. The number of aliphatic carboxylic acids is 1. The van der Waals surface area contributed by atoms with Gasteiger partial charge in [-0.05, 0) is 25.2 Å². The van der Waals surface area contributed by atoms with Crippen LogP contribution in [0.25, 0.3) is 0 Å². The molecule has 0 aromatic heterocycles. The van der Waals surface area contributed by atoms with E-state index in [0.29, 0.717) is 38.5 Å². The Balaban J connectivity index is 2.24. The fourth-order valence-corrected chi connectivity index (χ4v) is 2.50. The maximum atomic E-state index is 11.8. The minimum Gasteiger partial charge on any atom is -0.480 e. The zero-order valence-electron chi connectivity index (χ0n) is 13.1. The Bertz CT molecular complexity index is 339. The van der Waals surface area contributed by atoms with Crippen LogP contribution in [-0.2, 0) is 9.53 Å². The molecule has 21 heavy (non-hydrogen) atoms. The predicted octanol–water partition coefficient (Wildman–Crippen LogP) is 2.14. The molecule has 0 aliphatic heterocycles. The van der Waals surface area contributed by atoms with Crippen LogP contribution < -0.4 is 10.6 Å². The molecule has 6 nitrogen and oxygen atoms in total. The van der Waals surface area contributed by atoms with Crippen molar-refractivity contribution in [3.63, 3.8) is 0 Å². The van der Waals surface area contributed by atoms with Crippen LogP contribution in [0.1, 0.15) is 52.4 Å². The van der Waals surface area contributed by atoms with Gasteiger partial charge in [-0.15, -0.1) is 0 Å². The number of amides is 2. The number of carboxylic acid groups (broad SMARTS) is 1. The standard InChI is InChI=1S/C15H28N2O4/c1-12(2)11-21-10-6-9-16-14(20)17-15(13(18)19)7-4-3-5-8-15/h12H,3-11H2,1-2H3,(H,18,19)(H2,16,17,20). The predicted molar refractivity (Wildman–Crippen MR) is 80.3 cm³/mol. The molecule has 1 aliphatic carbocycles. The molecule has 1 saturated carbocycles. The van der Waals surface area contributed by atoms with Gasteiger partial charge in [0.1, 0.15) is 5.54 Å². The first-order valence-electron chi connectivity index (χ1n) is 7.83. The quantitative estimate of drug-likeness (QED) is 0.599. The summed E-state index contributed by atoms with van der Waals surface area (Å²) in [5.74, 6) is -0.430. The summed E-state index contributed by atoms with van der Waals surface area (Å²) in [5.41, 5.74) is -1.09. The van der Waals surface area contributed by atoms with Gasteiger partial charge >= 0.3 is 12.0 Å². The maximum Gasteiger partial charge on any atom is 0.329 e. The molecule has 122 valence electrons. The third kappa shape index (κ3) is 6.33. The third-order valence-electron chi connectivity index (χ3n) is 3.67. The van der Waals surface area contributed by atoms with E-state index in [4.69, 9.17) is 4.74 Å². The van der Waals surface area contributed by atoms with Crippen LogP contribution in [0, 0.1) is 5.92 Å². The average molecular weight is 300 g/mol. The van der Waals surface area contributed by atoms with E-state index in [2.05, 4.69) is 24.5 Å². The van der Waals surface area contributed by atoms with E-state index in [9.17, 15) is 14.7 Å². The lowest BCUT2D eigenvalue weighted by Crippen LogP contribution is -2.58. The van der Waals surface area contributed by atoms with Crippen molar-refractivity contribution < 1.29 is 19.4 Å². The summed E-state index contributed by atoms with van der Waals surface area (Å²) >= 11 is 0. The van der Waals surface area contributed by atoms with Crippen LogP contribution in [-0.4, -0.2) is 42.4 Å². The molecule has 0 bridgehead atoms. The van der Waals surface area contributed by atoms with Crippen LogP contribution >= 0.6 is 0 Å². The van der Waals surface area contributed by atoms with Crippen LogP contribution in [0.3, 0.4) is 0 Å². The van der Waals surface area contributed by atoms with Gasteiger partial charge in [-0.3, -0.25) is 0 Å². The molecule has 1 fully saturated rings. The van der Waals surface area contributed by atoms with Gasteiger partial charge in [0.05, 0.1) is 0 Å². The summed E-state index contributed by atoms with van der Waals surface area (Å²) in [7, 11) is 0. The van der Waals surface area contributed by atoms with Crippen molar-refractivity contribution in [2.24, 2.45) is 5.92 Å². The molecular formula is C15H28N2O4. The highest BCUT2D eigenvalue weighted by atomic mass is 16.5. The van der Waals surface area contributed by atoms with E-state index >= 15 is 0 Å². The zero-order valence-corrected chi connectivity index (χ0v) is 13.1. The Morgan fingerprint density at radius 3 is 2.48 bits per heavy atom. The minimum atomic E-state index is -1.09. The van der Waals surface area contributed by atoms with Gasteiger partial charge in [-0.1, -0.05) is 33.1 Å². The second kappa shape index (κ2) is 8.87. The fourth-order valence-electron chi connectivity index (χ4n) is 2.50. The van der Waals surface area contributed by atoms with Gasteiger partial charge in [0, 0.05) is 19.8 Å². The summed E-state index contributed by atoms with van der Waals surface area (Å²) in [6, 6.07) is -0.400. The first kappa shape index (κ1) is 17.8. The first-order valence-corrected chi connectivity index (χ1v) is 7.83. The summed E-state index contributed by atoms with van der Waals surface area (Å²) in [6.45, 7) is 5.97. The van der Waals surface area contributed by atoms with Crippen LogP contribution in [0.5, 0.6) is 0 Å². The lowest BCUT2D eigenvalue weighted by Gasteiger charge is -2.33. The van der Waals surface area contributed by atoms with Crippen molar-refractivity contribution in [2.75, 3.05) is 19.8 Å². The number of hydrogen-bond donors (Lipinski definition) is 3. The number of ether oxygens (including phenoxy) is 1. The highest BCUT2D eigenvalue weighted by molar-refractivity contribution is 5.86. The first-order chi connectivity index (χ1) is 9.96. The van der Waals surface area contributed by atoms with Gasteiger partial charge in [0.15, 0.2) is 0 Å². The van der Waals surface area contributed by atoms with E-state index in [1.807, 2.05) is 0 Å². The summed E-state index contributed by atoms with van der Waals surface area (Å²) in [6.07, 6.45) is 4.46. The lowest BCUT2D eigenvalue weighted by atomic mass is 9.82. The van der Waals surface area contributed by atoms with Crippen LogP contribution in [0.4, 0.5) is 4.79 Å². The van der Waals surface area contributed by atoms with Crippen molar-refractivity contribution >= 4 is 12.0 Å². The molecule has 1 aliphatic rings. The number of hydrogen-bond acceptors (Lipinski definition) is 3. The summed E-state index contributed by atoms with van der Waals surface area (Å²) in [5, 5.41) is 14.7. The summed E-state index contributed by atoms with van der Waals surface area (Å²) < 4.78 is 5.42. The number of carboxylic acids is 1. The highest BCUT2D eigenvalue weighted by Gasteiger charge is 2.40. The third-order valence-corrected chi connectivity index (χ3v) is 3.67. The van der Waals surface area contributed by atoms with Gasteiger partial charge in [0.25, 0.3) is 0 Å². The largest absolute Gasteiger partial charge is 0.480 e. The van der Waals surface area contributed by atoms with E-state index < -0.39 is 17.5 Å². The lowest BCUT2D eigenvalue weighted by molar-refractivity contribution is -0.145. The van der Waals surface area contributed by atoms with Crippen molar-refractivity contribution in [2.45, 2.75) is 57.9 Å². The van der Waals surface area contributed by atoms with E-state index in [0.717, 1.165) is 25.7 Å². The van der Waals surface area contributed by atoms with E-state index in [-0.39, 0.29) is 0 Å². The molecule has 2 amide bonds. The monoisotopic (exact) mass is 300 g/mol. The number of nitrogens with one attached hydrogen (secondary N) is 2. The number of rotatable bonds is 8. The highest BCUT2D eigenvalue weighted by Crippen LogP contribution is 2.28. The van der Waals surface area contributed by atoms with E-state index in [1.165, 1.54) is 0 Å². The molecule has 0 saturated heterocycles. The maximum absolute atomic E-state index is 11.8. The van der Waals surface area contributed by atoms with E-state index in [1.54, 1.807) is 0 Å². The van der Waals surface area contributed by atoms with Crippen molar-refractivity contribution in [1.29, 1.82) is 0 Å². The second-order valence-electron chi connectivity index (χ2n) is 6.15. The molecule has 0 spiro atoms. The van der Waals surface area contributed by atoms with Gasteiger partial charge in [0.2, 0.25) is 0 Å². The molecular weight excluding hydrogens is 272 g/mol. The topological polar surface area (TPSA) is 87.7 Å². The molecule has 6 heteroatoms. The van der Waals surface area contributed by atoms with Crippen LogP contribution in [0.2, 0.25) is 0 Å². The van der Waals surface area contributed by atoms with Crippen molar-refractivity contribution in [3.05, 3.63) is 0 Å². The SMILES string of the molecule is CC(C)COCCCNC(=O)NC1(C(=O)O)CCCCC1. The van der Waals surface area contributed by atoms with Gasteiger partial charge in [-0.2, -0.15) is 0 Å². The average Bonchev–Trinajstić information content (AvgIpc) is 2.43. The molecule has 1 rings (SSSR count). The molecule has 0 atom stereocenters. The Kier molecular flexibility index (Phi) is 7.50. The molecule has 0 aromatic carbocycles. The van der Waals surface area contributed by atoms with Crippen LogP contribution in [0.15, 0.2) is 0 Å². The molecule has 0 radical (unpaired) electrons. The fraction of sp³-hybridized carbons (Fsp3) is 0.867. The molecule has 0 aromatic rings. The Morgan fingerprint density at radius 2 is 1.90 bits per heavy atom. The Labute approximate surface area is 126 Å². The van der Waals surface area contributed by atoms with Crippen molar-refractivity contribution in [1.82, 2.24) is 10.6 Å². The molecule has 0 unspecified atom stereocenters. The minimum absolute atomic E-state index is 0.400. The molecule has 3 N–H and O–H groups in total. The Hall–Kier alpha value is -1.30. The smallest absolute Gasteiger partial charge is 0.329 e. The van der Waals surface area contributed by atoms with Gasteiger partial charge in [-0.25, -0.2) is 9.59 Å². The van der Waals surface area contributed by atoms with Gasteiger partial charge < -0.3 is 20.5 Å². The van der Waals surface area contributed by atoms with Crippen molar-refractivity contribution in [3.8, 4) is 0 Å². The molecule has 0 heterocycles. The number of carbonyl (C=O) groups excluding carboxylic acids is 1. The number of urea groups is 1. The zero-order chi connectivity index (χ0) is 15.7. The normalized spacial score (nSPS) is 17.5. The number of carbonyl (C=O) groups is 2. The summed E-state index contributed by atoms with van der Waals surface area (Å²) in [4.78, 5) is 23.3.